The van der Waals surface area contributed by atoms with Crippen molar-refractivity contribution >= 4 is 11.9 Å². The normalized spacial score (nSPS) is 12.2. The first-order valence-electron chi connectivity index (χ1n) is 4.26. The van der Waals surface area contributed by atoms with E-state index in [1.165, 1.54) is 4.90 Å². The summed E-state index contributed by atoms with van der Waals surface area (Å²) in [7, 11) is 1.66. The van der Waals surface area contributed by atoms with Crippen LogP contribution in [0.2, 0.25) is 0 Å². The van der Waals surface area contributed by atoms with Crippen LogP contribution >= 0.6 is 0 Å². The smallest absolute Gasteiger partial charge is 0.326 e. The maximum absolute atomic E-state index is 10.7. The van der Waals surface area contributed by atoms with Gasteiger partial charge in [-0.1, -0.05) is 0 Å². The summed E-state index contributed by atoms with van der Waals surface area (Å²) in [6.07, 6.45) is 3.32. The second kappa shape index (κ2) is 4.04. The number of nitrogens with zero attached hydrogens (tertiary/aromatic N) is 3. The van der Waals surface area contributed by atoms with Gasteiger partial charge in [0.1, 0.15) is 6.04 Å². The van der Waals surface area contributed by atoms with E-state index in [0.717, 1.165) is 5.56 Å². The van der Waals surface area contributed by atoms with E-state index in [-0.39, 0.29) is 0 Å². The molecule has 0 radical (unpaired) electrons. The van der Waals surface area contributed by atoms with Gasteiger partial charge in [0.05, 0.1) is 0 Å². The molecule has 0 fully saturated rings. The fraction of sp³-hybridized carbons (Fsp3) is 0.444. The van der Waals surface area contributed by atoms with Crippen LogP contribution in [0.5, 0.6) is 0 Å². The predicted molar refractivity (Wildman–Crippen MR) is 52.3 cm³/mol. The Morgan fingerprint density at radius 2 is 2.00 bits per heavy atom. The van der Waals surface area contributed by atoms with Crippen molar-refractivity contribution in [3.05, 3.63) is 18.0 Å². The van der Waals surface area contributed by atoms with Gasteiger partial charge in [0.2, 0.25) is 5.95 Å². The average Bonchev–Trinajstić information content (AvgIpc) is 2.16. The maximum atomic E-state index is 10.7. The van der Waals surface area contributed by atoms with E-state index in [4.69, 9.17) is 5.11 Å². The lowest BCUT2D eigenvalue weighted by Gasteiger charge is -2.20. The van der Waals surface area contributed by atoms with Crippen molar-refractivity contribution in [3.8, 4) is 0 Å². The number of carboxylic acids is 1. The van der Waals surface area contributed by atoms with Crippen molar-refractivity contribution < 1.29 is 9.90 Å². The highest BCUT2D eigenvalue weighted by molar-refractivity contribution is 5.76. The van der Waals surface area contributed by atoms with Crippen LogP contribution in [-0.4, -0.2) is 34.1 Å². The molecule has 5 heteroatoms. The van der Waals surface area contributed by atoms with Crippen LogP contribution in [0.3, 0.4) is 0 Å². The van der Waals surface area contributed by atoms with Crippen LogP contribution in [0.25, 0.3) is 0 Å². The average molecular weight is 195 g/mol. The summed E-state index contributed by atoms with van der Waals surface area (Å²) in [4.78, 5) is 20.3. The van der Waals surface area contributed by atoms with Gasteiger partial charge in [-0.05, 0) is 19.4 Å². The lowest BCUT2D eigenvalue weighted by Crippen LogP contribution is -2.36. The summed E-state index contributed by atoms with van der Waals surface area (Å²) in [6, 6.07) is -0.627. The van der Waals surface area contributed by atoms with Gasteiger partial charge < -0.3 is 10.0 Å². The number of anilines is 1. The first-order valence-corrected chi connectivity index (χ1v) is 4.26. The molecule has 14 heavy (non-hydrogen) atoms. The van der Waals surface area contributed by atoms with E-state index in [9.17, 15) is 4.79 Å². The van der Waals surface area contributed by atoms with Crippen LogP contribution in [0.15, 0.2) is 12.4 Å². The molecule has 0 bridgehead atoms. The third-order valence-electron chi connectivity index (χ3n) is 2.02. The second-order valence-corrected chi connectivity index (χ2v) is 3.19. The molecule has 0 amide bonds. The Morgan fingerprint density at radius 1 is 1.50 bits per heavy atom. The van der Waals surface area contributed by atoms with E-state index < -0.39 is 12.0 Å². The monoisotopic (exact) mass is 195 g/mol. The Morgan fingerprint density at radius 3 is 2.43 bits per heavy atom. The van der Waals surface area contributed by atoms with E-state index in [2.05, 4.69) is 9.97 Å². The highest BCUT2D eigenvalue weighted by atomic mass is 16.4. The molecule has 1 rings (SSSR count). The molecule has 0 aliphatic rings. The molecule has 0 aromatic carbocycles. The first-order chi connectivity index (χ1) is 6.52. The summed E-state index contributed by atoms with van der Waals surface area (Å²) in [5.41, 5.74) is 0.949. The van der Waals surface area contributed by atoms with E-state index in [1.54, 1.807) is 26.4 Å². The van der Waals surface area contributed by atoms with E-state index in [1.807, 2.05) is 6.92 Å². The van der Waals surface area contributed by atoms with Gasteiger partial charge in [0, 0.05) is 19.4 Å². The summed E-state index contributed by atoms with van der Waals surface area (Å²) in [6.45, 7) is 3.47. The number of hydrogen-bond donors (Lipinski definition) is 1. The molecule has 1 heterocycles. The summed E-state index contributed by atoms with van der Waals surface area (Å²) < 4.78 is 0. The highest BCUT2D eigenvalue weighted by Crippen LogP contribution is 2.08. The van der Waals surface area contributed by atoms with Gasteiger partial charge in [-0.2, -0.15) is 0 Å². The third kappa shape index (κ3) is 2.18. The molecule has 0 saturated heterocycles. The molecule has 0 saturated carbocycles. The highest BCUT2D eigenvalue weighted by Gasteiger charge is 2.18. The Kier molecular flexibility index (Phi) is 3.01. The first kappa shape index (κ1) is 10.4. The van der Waals surface area contributed by atoms with Gasteiger partial charge in [0.15, 0.2) is 0 Å². The van der Waals surface area contributed by atoms with Crippen molar-refractivity contribution in [2.75, 3.05) is 11.9 Å². The minimum absolute atomic E-state index is 0.422. The van der Waals surface area contributed by atoms with Crippen molar-refractivity contribution in [2.24, 2.45) is 0 Å². The van der Waals surface area contributed by atoms with Gasteiger partial charge >= 0.3 is 5.97 Å². The number of aliphatic carboxylic acids is 1. The fourth-order valence-electron chi connectivity index (χ4n) is 0.907. The van der Waals surface area contributed by atoms with E-state index in [0.29, 0.717) is 5.95 Å². The van der Waals surface area contributed by atoms with Crippen LogP contribution in [0.1, 0.15) is 12.5 Å². The number of aromatic nitrogens is 2. The molecule has 0 aliphatic carbocycles. The number of likely N-dealkylation sites (N-methyl/N-ethyl adjacent to an activating group) is 1. The number of carbonyl (C=O) groups is 1. The van der Waals surface area contributed by atoms with Crippen LogP contribution in [-0.2, 0) is 4.79 Å². The Bertz CT molecular complexity index is 323. The van der Waals surface area contributed by atoms with Crippen molar-refractivity contribution in [2.45, 2.75) is 19.9 Å². The molecule has 1 N–H and O–H groups in total. The van der Waals surface area contributed by atoms with Gasteiger partial charge in [0.25, 0.3) is 0 Å². The van der Waals surface area contributed by atoms with Gasteiger partial charge in [-0.3, -0.25) is 0 Å². The standard InChI is InChI=1S/C9H13N3O2/c1-6-4-10-9(11-5-6)12(3)7(2)8(13)14/h4-5,7H,1-3H3,(H,13,14). The molecular formula is C9H13N3O2. The fourth-order valence-corrected chi connectivity index (χ4v) is 0.907. The molecule has 1 unspecified atom stereocenters. The van der Waals surface area contributed by atoms with Crippen molar-refractivity contribution in [3.63, 3.8) is 0 Å². The second-order valence-electron chi connectivity index (χ2n) is 3.19. The van der Waals surface area contributed by atoms with Crippen molar-refractivity contribution in [1.29, 1.82) is 0 Å². The zero-order chi connectivity index (χ0) is 10.7. The van der Waals surface area contributed by atoms with E-state index >= 15 is 0 Å². The zero-order valence-electron chi connectivity index (χ0n) is 8.43. The lowest BCUT2D eigenvalue weighted by atomic mass is 10.3. The summed E-state index contributed by atoms with van der Waals surface area (Å²) in [5.74, 6) is -0.470. The zero-order valence-corrected chi connectivity index (χ0v) is 8.43. The lowest BCUT2D eigenvalue weighted by molar-refractivity contribution is -0.138. The largest absolute Gasteiger partial charge is 0.480 e. The SMILES string of the molecule is Cc1cnc(N(C)C(C)C(=O)O)nc1. The molecule has 0 spiro atoms. The van der Waals surface area contributed by atoms with Gasteiger partial charge in [-0.15, -0.1) is 0 Å². The molecule has 5 nitrogen and oxygen atoms in total. The topological polar surface area (TPSA) is 66.3 Å². The quantitative estimate of drug-likeness (QED) is 0.768. The van der Waals surface area contributed by atoms with Crippen molar-refractivity contribution in [1.82, 2.24) is 9.97 Å². The molecule has 1 aromatic heterocycles. The summed E-state index contributed by atoms with van der Waals surface area (Å²) >= 11 is 0. The van der Waals surface area contributed by atoms with Gasteiger partial charge in [-0.25, -0.2) is 14.8 Å². The number of carboxylic acid groups (broad SMARTS) is 1. The van der Waals surface area contributed by atoms with Crippen LogP contribution < -0.4 is 4.90 Å². The predicted octanol–water partition coefficient (Wildman–Crippen LogP) is 0.694. The van der Waals surface area contributed by atoms with Crippen LogP contribution in [0, 0.1) is 6.92 Å². The van der Waals surface area contributed by atoms with Crippen LogP contribution in [0.4, 0.5) is 5.95 Å². The number of hydrogen-bond acceptors (Lipinski definition) is 4. The Hall–Kier alpha value is -1.65. The molecule has 1 aromatic rings. The minimum atomic E-state index is -0.892. The summed E-state index contributed by atoms with van der Waals surface area (Å²) in [5, 5.41) is 8.77. The Labute approximate surface area is 82.4 Å². The number of rotatable bonds is 3. The molecule has 76 valence electrons. The third-order valence-corrected chi connectivity index (χ3v) is 2.02. The molecule has 0 aliphatic heterocycles. The molecular weight excluding hydrogens is 182 g/mol. The number of aryl methyl sites for hydroxylation is 1. The minimum Gasteiger partial charge on any atom is -0.480 e. The maximum Gasteiger partial charge on any atom is 0.326 e. The molecule has 1 atom stereocenters. The Balaban J connectivity index is 2.84.